The fourth-order valence-electron chi connectivity index (χ4n) is 3.57. The van der Waals surface area contributed by atoms with Crippen molar-refractivity contribution in [1.29, 1.82) is 0 Å². The Hall–Kier alpha value is -3.73. The van der Waals surface area contributed by atoms with Crippen LogP contribution in [0.15, 0.2) is 95.9 Å². The number of Topliss-reactive ketones (excluding diaryl/α,β-unsaturated/α-hetero) is 2. The molecule has 1 atom stereocenters. The quantitative estimate of drug-likeness (QED) is 0.347. The zero-order valence-corrected chi connectivity index (χ0v) is 15.9. The van der Waals surface area contributed by atoms with Crippen LogP contribution in [0.3, 0.4) is 0 Å². The first-order valence-corrected chi connectivity index (χ1v) is 9.36. The zero-order valence-electron chi connectivity index (χ0n) is 15.9. The van der Waals surface area contributed by atoms with Gasteiger partial charge < -0.3 is 8.98 Å². The molecule has 144 valence electrons. The normalized spacial score (nSPS) is 12.1. The van der Waals surface area contributed by atoms with Gasteiger partial charge in [-0.15, -0.1) is 0 Å². The van der Waals surface area contributed by atoms with Gasteiger partial charge in [-0.3, -0.25) is 9.59 Å². The number of imidazole rings is 1. The summed E-state index contributed by atoms with van der Waals surface area (Å²) in [6.07, 6.45) is 4.99. The number of aryl methyl sites for hydroxylation is 1. The van der Waals surface area contributed by atoms with Crippen LogP contribution in [0, 0.1) is 5.92 Å². The molecule has 29 heavy (non-hydrogen) atoms. The van der Waals surface area contributed by atoms with E-state index in [0.717, 1.165) is 0 Å². The van der Waals surface area contributed by atoms with E-state index in [1.807, 2.05) is 23.7 Å². The minimum Gasteiger partial charge on any atom is -0.469 e. The van der Waals surface area contributed by atoms with Crippen molar-refractivity contribution in [2.45, 2.75) is 5.92 Å². The molecule has 5 heteroatoms. The molecule has 2 heterocycles. The smallest absolute Gasteiger partial charge is 0.174 e. The van der Waals surface area contributed by atoms with Crippen molar-refractivity contribution >= 4 is 11.6 Å². The summed E-state index contributed by atoms with van der Waals surface area (Å²) in [7, 11) is 1.84. The molecule has 0 N–H and O–H groups in total. The number of carbonyl (C=O) groups excluding carboxylic acids is 2. The molecule has 0 fully saturated rings. The predicted molar refractivity (Wildman–Crippen MR) is 109 cm³/mol. The number of rotatable bonds is 7. The van der Waals surface area contributed by atoms with Crippen LogP contribution in [0.1, 0.15) is 38.2 Å². The van der Waals surface area contributed by atoms with E-state index in [1.54, 1.807) is 79.3 Å². The average Bonchev–Trinajstić information content (AvgIpc) is 3.44. The molecule has 0 bridgehead atoms. The second kappa shape index (κ2) is 8.10. The third kappa shape index (κ3) is 3.67. The van der Waals surface area contributed by atoms with Crippen molar-refractivity contribution in [2.75, 3.05) is 0 Å². The van der Waals surface area contributed by atoms with Crippen molar-refractivity contribution < 1.29 is 14.0 Å². The fourth-order valence-corrected chi connectivity index (χ4v) is 3.57. The number of carbonyl (C=O) groups is 2. The lowest BCUT2D eigenvalue weighted by Gasteiger charge is -2.24. The van der Waals surface area contributed by atoms with Gasteiger partial charge in [0.2, 0.25) is 0 Å². The highest BCUT2D eigenvalue weighted by atomic mass is 16.3. The molecule has 0 amide bonds. The van der Waals surface area contributed by atoms with Gasteiger partial charge in [0.15, 0.2) is 11.6 Å². The van der Waals surface area contributed by atoms with E-state index < -0.39 is 11.8 Å². The lowest BCUT2D eigenvalue weighted by molar-refractivity contribution is 0.0783. The highest BCUT2D eigenvalue weighted by Gasteiger charge is 2.41. The molecule has 4 rings (SSSR count). The van der Waals surface area contributed by atoms with Crippen molar-refractivity contribution in [1.82, 2.24) is 9.55 Å². The van der Waals surface area contributed by atoms with Crippen molar-refractivity contribution in [3.8, 4) is 0 Å². The van der Waals surface area contributed by atoms with E-state index in [0.29, 0.717) is 22.7 Å². The van der Waals surface area contributed by atoms with Gasteiger partial charge in [-0.2, -0.15) is 0 Å². The molecule has 0 aliphatic rings. The number of furan rings is 1. The second-order valence-corrected chi connectivity index (χ2v) is 6.83. The molecule has 0 aliphatic heterocycles. The molecule has 2 aromatic carbocycles. The van der Waals surface area contributed by atoms with Crippen LogP contribution in [-0.4, -0.2) is 21.1 Å². The molecule has 0 spiro atoms. The molecule has 2 aromatic heterocycles. The first-order chi connectivity index (χ1) is 14.2. The molecular formula is C24H20N2O3. The van der Waals surface area contributed by atoms with Crippen LogP contribution in [0.25, 0.3) is 0 Å². The van der Waals surface area contributed by atoms with Crippen LogP contribution in [-0.2, 0) is 7.05 Å². The van der Waals surface area contributed by atoms with Gasteiger partial charge in [0.1, 0.15) is 17.5 Å². The van der Waals surface area contributed by atoms with Crippen molar-refractivity contribution in [2.24, 2.45) is 13.0 Å². The number of ketones is 2. The summed E-state index contributed by atoms with van der Waals surface area (Å²) < 4.78 is 7.49. The molecule has 0 saturated heterocycles. The number of aromatic nitrogens is 2. The topological polar surface area (TPSA) is 65.1 Å². The van der Waals surface area contributed by atoms with E-state index in [-0.39, 0.29) is 11.6 Å². The van der Waals surface area contributed by atoms with Crippen LogP contribution < -0.4 is 0 Å². The molecule has 4 aromatic rings. The summed E-state index contributed by atoms with van der Waals surface area (Å²) in [4.78, 5) is 31.7. The number of hydrogen-bond donors (Lipinski definition) is 0. The van der Waals surface area contributed by atoms with Gasteiger partial charge in [0.25, 0.3) is 0 Å². The SMILES string of the molecule is Cn1ccnc1C(c1ccco1)C(C(=O)c1ccccc1)C(=O)c1ccccc1. The number of nitrogens with zero attached hydrogens (tertiary/aromatic N) is 2. The fraction of sp³-hybridized carbons (Fsp3) is 0.125. The third-order valence-electron chi connectivity index (χ3n) is 5.00. The first kappa shape index (κ1) is 18.6. The molecule has 0 aliphatic carbocycles. The standard InChI is InChI=1S/C24H20N2O3/c1-26-15-14-25-24(26)20(19-13-8-16-29-19)21(22(27)17-9-4-2-5-10-17)23(28)18-11-6-3-7-12-18/h2-16,20-21H,1H3. The third-order valence-corrected chi connectivity index (χ3v) is 5.00. The van der Waals surface area contributed by atoms with E-state index in [2.05, 4.69) is 4.98 Å². The Kier molecular flexibility index (Phi) is 5.20. The Morgan fingerprint density at radius 3 is 1.90 bits per heavy atom. The Bertz CT molecular complexity index is 1050. The average molecular weight is 384 g/mol. The minimum atomic E-state index is -1.01. The maximum Gasteiger partial charge on any atom is 0.174 e. The maximum absolute atomic E-state index is 13.6. The summed E-state index contributed by atoms with van der Waals surface area (Å²) in [5.41, 5.74) is 0.958. The van der Waals surface area contributed by atoms with Gasteiger partial charge in [-0.1, -0.05) is 60.7 Å². The van der Waals surface area contributed by atoms with E-state index >= 15 is 0 Å². The first-order valence-electron chi connectivity index (χ1n) is 9.36. The highest BCUT2D eigenvalue weighted by molar-refractivity contribution is 6.17. The van der Waals surface area contributed by atoms with Gasteiger partial charge in [-0.25, -0.2) is 4.98 Å². The Morgan fingerprint density at radius 1 is 0.862 bits per heavy atom. The lowest BCUT2D eigenvalue weighted by Crippen LogP contribution is -2.32. The Morgan fingerprint density at radius 2 is 1.45 bits per heavy atom. The lowest BCUT2D eigenvalue weighted by atomic mass is 9.78. The van der Waals surface area contributed by atoms with E-state index in [9.17, 15) is 9.59 Å². The van der Waals surface area contributed by atoms with Gasteiger partial charge in [-0.05, 0) is 12.1 Å². The van der Waals surface area contributed by atoms with Gasteiger partial charge >= 0.3 is 0 Å². The van der Waals surface area contributed by atoms with E-state index in [4.69, 9.17) is 4.42 Å². The summed E-state index contributed by atoms with van der Waals surface area (Å²) in [6, 6.07) is 21.3. The summed E-state index contributed by atoms with van der Waals surface area (Å²) in [6.45, 7) is 0. The van der Waals surface area contributed by atoms with Crippen molar-refractivity contribution in [3.63, 3.8) is 0 Å². The maximum atomic E-state index is 13.6. The number of benzene rings is 2. The molecule has 0 saturated carbocycles. The highest BCUT2D eigenvalue weighted by Crippen LogP contribution is 2.35. The predicted octanol–water partition coefficient (Wildman–Crippen LogP) is 4.53. The second-order valence-electron chi connectivity index (χ2n) is 6.83. The van der Waals surface area contributed by atoms with Crippen LogP contribution >= 0.6 is 0 Å². The summed E-state index contributed by atoms with van der Waals surface area (Å²) in [5.74, 6) is -1.05. The molecule has 1 unspecified atom stereocenters. The van der Waals surface area contributed by atoms with Crippen LogP contribution in [0.5, 0.6) is 0 Å². The molecule has 5 nitrogen and oxygen atoms in total. The van der Waals surface area contributed by atoms with E-state index in [1.165, 1.54) is 0 Å². The molecule has 0 radical (unpaired) electrons. The van der Waals surface area contributed by atoms with Crippen LogP contribution in [0.2, 0.25) is 0 Å². The van der Waals surface area contributed by atoms with Crippen molar-refractivity contribution in [3.05, 3.63) is 114 Å². The minimum absolute atomic E-state index is 0.260. The Balaban J connectivity index is 1.89. The monoisotopic (exact) mass is 384 g/mol. The molecular weight excluding hydrogens is 364 g/mol. The van der Waals surface area contributed by atoms with Crippen LogP contribution in [0.4, 0.5) is 0 Å². The van der Waals surface area contributed by atoms with Gasteiger partial charge in [0.05, 0.1) is 12.2 Å². The van der Waals surface area contributed by atoms with Gasteiger partial charge in [0, 0.05) is 30.6 Å². The Labute approximate surface area is 168 Å². The summed E-state index contributed by atoms with van der Waals surface area (Å²) in [5, 5.41) is 0. The largest absolute Gasteiger partial charge is 0.469 e. The zero-order chi connectivity index (χ0) is 20.2. The number of hydrogen-bond acceptors (Lipinski definition) is 4. The summed E-state index contributed by atoms with van der Waals surface area (Å²) >= 11 is 0.